The lowest BCUT2D eigenvalue weighted by atomic mass is 10.1. The first-order valence-electron chi connectivity index (χ1n) is 9.79. The van der Waals surface area contributed by atoms with Crippen LogP contribution in [0.3, 0.4) is 0 Å². The van der Waals surface area contributed by atoms with Crippen molar-refractivity contribution in [3.63, 3.8) is 0 Å². The predicted molar refractivity (Wildman–Crippen MR) is 125 cm³/mol. The van der Waals surface area contributed by atoms with Crippen LogP contribution in [0.4, 0.5) is 5.69 Å². The van der Waals surface area contributed by atoms with Crippen LogP contribution in [0, 0.1) is 6.92 Å². The number of nitrogens with zero attached hydrogens (tertiary/aromatic N) is 2. The fraction of sp³-hybridized carbons (Fsp3) is 0.217. The zero-order valence-electron chi connectivity index (χ0n) is 17.1. The standard InChI is InChI=1S/C23H21N3O3S2/c1-14-24-19(13-31-14)15-7-9-16(10-8-15)25-21(27)20(11-12-30-2)26-22(28)17-5-3-4-6-18(17)23(26)29/h3-10,13,20H,11-12H2,1-2H3,(H,25,27). The lowest BCUT2D eigenvalue weighted by Gasteiger charge is -2.25. The molecular formula is C23H21N3O3S2. The van der Waals surface area contributed by atoms with Gasteiger partial charge in [0.25, 0.3) is 11.8 Å². The molecular weight excluding hydrogens is 430 g/mol. The van der Waals surface area contributed by atoms with Gasteiger partial charge in [-0.2, -0.15) is 11.8 Å². The van der Waals surface area contributed by atoms with Gasteiger partial charge in [-0.1, -0.05) is 24.3 Å². The summed E-state index contributed by atoms with van der Waals surface area (Å²) in [5.74, 6) is -0.568. The second-order valence-corrected chi connectivity index (χ2v) is 9.19. The van der Waals surface area contributed by atoms with E-state index in [0.29, 0.717) is 29.0 Å². The summed E-state index contributed by atoms with van der Waals surface area (Å²) >= 11 is 3.15. The zero-order chi connectivity index (χ0) is 22.0. The van der Waals surface area contributed by atoms with Crippen molar-refractivity contribution in [3.8, 4) is 11.3 Å². The minimum Gasteiger partial charge on any atom is -0.324 e. The number of hydrogen-bond donors (Lipinski definition) is 1. The lowest BCUT2D eigenvalue weighted by molar-refractivity contribution is -0.120. The summed E-state index contributed by atoms with van der Waals surface area (Å²) < 4.78 is 0. The second-order valence-electron chi connectivity index (χ2n) is 7.14. The Balaban J connectivity index is 1.54. The number of nitrogens with one attached hydrogen (secondary N) is 1. The number of amides is 3. The van der Waals surface area contributed by atoms with Crippen molar-refractivity contribution in [3.05, 3.63) is 70.0 Å². The number of hydrogen-bond acceptors (Lipinski definition) is 6. The first kappa shape index (κ1) is 21.3. The molecule has 8 heteroatoms. The van der Waals surface area contributed by atoms with E-state index in [-0.39, 0.29) is 5.91 Å². The minimum atomic E-state index is -0.874. The van der Waals surface area contributed by atoms with Crippen molar-refractivity contribution < 1.29 is 14.4 Å². The molecule has 1 unspecified atom stereocenters. The maximum Gasteiger partial charge on any atom is 0.262 e. The Morgan fingerprint density at radius 1 is 1.10 bits per heavy atom. The number of anilines is 1. The second kappa shape index (κ2) is 9.03. The summed E-state index contributed by atoms with van der Waals surface area (Å²) in [4.78, 5) is 44.5. The largest absolute Gasteiger partial charge is 0.324 e. The Morgan fingerprint density at radius 3 is 2.29 bits per heavy atom. The van der Waals surface area contributed by atoms with Crippen LogP contribution in [0.2, 0.25) is 0 Å². The van der Waals surface area contributed by atoms with Crippen LogP contribution in [0.25, 0.3) is 11.3 Å². The molecule has 0 aliphatic carbocycles. The maximum absolute atomic E-state index is 13.1. The molecule has 0 saturated heterocycles. The fourth-order valence-corrected chi connectivity index (χ4v) is 4.62. The summed E-state index contributed by atoms with van der Waals surface area (Å²) in [7, 11) is 0. The highest BCUT2D eigenvalue weighted by Crippen LogP contribution is 2.27. The third kappa shape index (κ3) is 4.26. The van der Waals surface area contributed by atoms with E-state index in [1.54, 1.807) is 59.5 Å². The first-order valence-corrected chi connectivity index (χ1v) is 12.1. The fourth-order valence-electron chi connectivity index (χ4n) is 3.54. The molecule has 1 aliphatic heterocycles. The number of carbonyl (C=O) groups is 3. The van der Waals surface area contributed by atoms with Crippen LogP contribution in [0.1, 0.15) is 32.1 Å². The Kier molecular flexibility index (Phi) is 6.20. The molecule has 2 heterocycles. The molecule has 2 aromatic carbocycles. The van der Waals surface area contributed by atoms with E-state index in [4.69, 9.17) is 0 Å². The minimum absolute atomic E-state index is 0.345. The maximum atomic E-state index is 13.1. The summed E-state index contributed by atoms with van der Waals surface area (Å²) in [6.07, 6.45) is 2.31. The van der Waals surface area contributed by atoms with Crippen molar-refractivity contribution in [1.82, 2.24) is 9.88 Å². The van der Waals surface area contributed by atoms with E-state index in [0.717, 1.165) is 21.2 Å². The summed E-state index contributed by atoms with van der Waals surface area (Å²) in [5.41, 5.74) is 3.15. The average molecular weight is 452 g/mol. The smallest absolute Gasteiger partial charge is 0.262 e. The molecule has 0 spiro atoms. The molecule has 1 aliphatic rings. The molecule has 0 radical (unpaired) electrons. The molecule has 3 amide bonds. The van der Waals surface area contributed by atoms with Crippen LogP contribution < -0.4 is 5.32 Å². The topological polar surface area (TPSA) is 79.4 Å². The van der Waals surface area contributed by atoms with Crippen molar-refractivity contribution in [2.45, 2.75) is 19.4 Å². The molecule has 4 rings (SSSR count). The van der Waals surface area contributed by atoms with Gasteiger partial charge in [0.2, 0.25) is 5.91 Å². The molecule has 31 heavy (non-hydrogen) atoms. The normalized spacial score (nSPS) is 13.9. The van der Waals surface area contributed by atoms with E-state index >= 15 is 0 Å². The molecule has 1 atom stereocenters. The van der Waals surface area contributed by atoms with E-state index in [9.17, 15) is 14.4 Å². The molecule has 0 saturated carbocycles. The number of fused-ring (bicyclic) bond motifs is 1. The van der Waals surface area contributed by atoms with Gasteiger partial charge in [-0.05, 0) is 49.6 Å². The lowest BCUT2D eigenvalue weighted by Crippen LogP contribution is -2.47. The Labute approximate surface area is 188 Å². The van der Waals surface area contributed by atoms with Gasteiger partial charge in [0.15, 0.2) is 0 Å². The third-order valence-electron chi connectivity index (χ3n) is 5.10. The van der Waals surface area contributed by atoms with Gasteiger partial charge in [-0.25, -0.2) is 4.98 Å². The summed E-state index contributed by atoms with van der Waals surface area (Å²) in [6.45, 7) is 1.96. The van der Waals surface area contributed by atoms with E-state index < -0.39 is 17.9 Å². The van der Waals surface area contributed by atoms with Crippen LogP contribution >= 0.6 is 23.1 Å². The van der Waals surface area contributed by atoms with E-state index in [1.807, 2.05) is 30.7 Å². The first-order chi connectivity index (χ1) is 15.0. The van der Waals surface area contributed by atoms with Crippen LogP contribution in [-0.4, -0.2) is 45.7 Å². The van der Waals surface area contributed by atoms with Crippen LogP contribution in [-0.2, 0) is 4.79 Å². The Hall–Kier alpha value is -2.97. The third-order valence-corrected chi connectivity index (χ3v) is 6.52. The van der Waals surface area contributed by atoms with Gasteiger partial charge in [0.1, 0.15) is 6.04 Å². The molecule has 158 valence electrons. The highest BCUT2D eigenvalue weighted by Gasteiger charge is 2.42. The van der Waals surface area contributed by atoms with E-state index in [2.05, 4.69) is 10.3 Å². The van der Waals surface area contributed by atoms with Gasteiger partial charge in [-0.3, -0.25) is 19.3 Å². The number of imide groups is 1. The number of thiazole rings is 1. The Bertz CT molecular complexity index is 1110. The van der Waals surface area contributed by atoms with E-state index in [1.165, 1.54) is 0 Å². The SMILES string of the molecule is CSCCC(C(=O)Nc1ccc(-c2csc(C)n2)cc1)N1C(=O)c2ccccc2C1=O. The zero-order valence-corrected chi connectivity index (χ0v) is 18.8. The van der Waals surface area contributed by atoms with Gasteiger partial charge in [0, 0.05) is 16.6 Å². The molecule has 3 aromatic rings. The number of aryl methyl sites for hydroxylation is 1. The summed E-state index contributed by atoms with van der Waals surface area (Å²) in [6, 6.07) is 13.2. The van der Waals surface area contributed by atoms with Crippen LogP contribution in [0.5, 0.6) is 0 Å². The molecule has 0 bridgehead atoms. The highest BCUT2D eigenvalue weighted by molar-refractivity contribution is 7.98. The van der Waals surface area contributed by atoms with Gasteiger partial charge < -0.3 is 5.32 Å². The number of rotatable bonds is 7. The molecule has 1 aromatic heterocycles. The van der Waals surface area contributed by atoms with Crippen molar-refractivity contribution >= 4 is 46.5 Å². The van der Waals surface area contributed by atoms with Gasteiger partial charge in [0.05, 0.1) is 21.8 Å². The van der Waals surface area contributed by atoms with Crippen LogP contribution in [0.15, 0.2) is 53.9 Å². The number of carbonyl (C=O) groups excluding carboxylic acids is 3. The van der Waals surface area contributed by atoms with Crippen molar-refractivity contribution in [1.29, 1.82) is 0 Å². The Morgan fingerprint density at radius 2 is 1.74 bits per heavy atom. The van der Waals surface area contributed by atoms with Crippen molar-refractivity contribution in [2.24, 2.45) is 0 Å². The number of aromatic nitrogens is 1. The summed E-state index contributed by atoms with van der Waals surface area (Å²) in [5, 5.41) is 5.85. The monoisotopic (exact) mass is 451 g/mol. The molecule has 1 N–H and O–H groups in total. The molecule has 0 fully saturated rings. The van der Waals surface area contributed by atoms with Crippen molar-refractivity contribution in [2.75, 3.05) is 17.3 Å². The predicted octanol–water partition coefficient (Wildman–Crippen LogP) is 4.47. The highest BCUT2D eigenvalue weighted by atomic mass is 32.2. The van der Waals surface area contributed by atoms with Gasteiger partial charge >= 0.3 is 0 Å². The average Bonchev–Trinajstić information content (AvgIpc) is 3.32. The quantitative estimate of drug-likeness (QED) is 0.536. The van der Waals surface area contributed by atoms with Gasteiger partial charge in [-0.15, -0.1) is 11.3 Å². The molecule has 6 nitrogen and oxygen atoms in total. The number of benzene rings is 2. The number of thioether (sulfide) groups is 1.